The van der Waals surface area contributed by atoms with Crippen LogP contribution in [-0.4, -0.2) is 5.78 Å². The van der Waals surface area contributed by atoms with Crippen LogP contribution in [0.15, 0.2) is 23.3 Å². The fourth-order valence-corrected chi connectivity index (χ4v) is 9.30. The molecular formula is C30H48O. The van der Waals surface area contributed by atoms with E-state index in [4.69, 9.17) is 0 Å². The fourth-order valence-electron chi connectivity index (χ4n) is 9.30. The van der Waals surface area contributed by atoms with Gasteiger partial charge in [-0.3, -0.25) is 4.79 Å². The Morgan fingerprint density at radius 1 is 1.10 bits per heavy atom. The van der Waals surface area contributed by atoms with E-state index in [0.717, 1.165) is 31.1 Å². The van der Waals surface area contributed by atoms with Gasteiger partial charge < -0.3 is 0 Å². The first-order valence-corrected chi connectivity index (χ1v) is 13.2. The number of Topliss-reactive ketones (excluding diaryl/α,β-unsaturated/α-hetero) is 1. The van der Waals surface area contributed by atoms with Crippen LogP contribution < -0.4 is 0 Å². The molecule has 0 aromatic rings. The summed E-state index contributed by atoms with van der Waals surface area (Å²) in [4.78, 5) is 12.8. The Balaban J connectivity index is 1.63. The highest BCUT2D eigenvalue weighted by molar-refractivity contribution is 5.85. The average molecular weight is 425 g/mol. The molecule has 0 aromatic heterocycles. The van der Waals surface area contributed by atoms with Crippen molar-refractivity contribution in [3.05, 3.63) is 23.3 Å². The van der Waals surface area contributed by atoms with Crippen LogP contribution in [0.5, 0.6) is 0 Å². The van der Waals surface area contributed by atoms with E-state index in [2.05, 4.69) is 67.5 Å². The molecule has 4 rings (SSSR count). The fraction of sp³-hybridized carbons (Fsp3) is 0.833. The molecule has 0 aliphatic heterocycles. The number of hydrogen-bond acceptors (Lipinski definition) is 1. The summed E-state index contributed by atoms with van der Waals surface area (Å²) in [5.74, 6) is 3.36. The highest BCUT2D eigenvalue weighted by Gasteiger charge is 2.65. The van der Waals surface area contributed by atoms with Gasteiger partial charge in [-0.1, -0.05) is 64.8 Å². The number of carbonyl (C=O) groups excluding carboxylic acids is 1. The smallest absolute Gasteiger partial charge is 0.138 e. The van der Waals surface area contributed by atoms with Crippen molar-refractivity contribution in [2.75, 3.05) is 0 Å². The molecule has 7 atom stereocenters. The van der Waals surface area contributed by atoms with E-state index in [-0.39, 0.29) is 5.41 Å². The van der Waals surface area contributed by atoms with Crippen molar-refractivity contribution >= 4 is 5.78 Å². The Hall–Kier alpha value is -0.850. The van der Waals surface area contributed by atoms with Gasteiger partial charge in [-0.25, -0.2) is 0 Å². The maximum atomic E-state index is 12.8. The van der Waals surface area contributed by atoms with Gasteiger partial charge in [0.1, 0.15) is 5.78 Å². The highest BCUT2D eigenvalue weighted by Crippen LogP contribution is 2.73. The zero-order valence-electron chi connectivity index (χ0n) is 21.7. The molecule has 1 nitrogen and oxygen atoms in total. The lowest BCUT2D eigenvalue weighted by molar-refractivity contribution is -0.146. The summed E-state index contributed by atoms with van der Waals surface area (Å²) in [6, 6.07) is 0. The molecule has 31 heavy (non-hydrogen) atoms. The van der Waals surface area contributed by atoms with Gasteiger partial charge in [0.05, 0.1) is 0 Å². The Bertz CT molecular complexity index is 795. The van der Waals surface area contributed by atoms with Crippen LogP contribution in [0.4, 0.5) is 0 Å². The van der Waals surface area contributed by atoms with Gasteiger partial charge in [-0.15, -0.1) is 0 Å². The van der Waals surface area contributed by atoms with Gasteiger partial charge >= 0.3 is 0 Å². The minimum atomic E-state index is -0.158. The Labute approximate surface area is 192 Å². The van der Waals surface area contributed by atoms with Crippen LogP contribution in [0.25, 0.3) is 0 Å². The largest absolute Gasteiger partial charge is 0.299 e. The van der Waals surface area contributed by atoms with Crippen molar-refractivity contribution in [3.63, 3.8) is 0 Å². The molecule has 0 saturated heterocycles. The van der Waals surface area contributed by atoms with Gasteiger partial charge in [0.2, 0.25) is 0 Å². The second kappa shape index (κ2) is 7.59. The summed E-state index contributed by atoms with van der Waals surface area (Å²) >= 11 is 0. The minimum Gasteiger partial charge on any atom is -0.299 e. The van der Waals surface area contributed by atoms with Crippen molar-refractivity contribution in [3.8, 4) is 0 Å². The van der Waals surface area contributed by atoms with Crippen LogP contribution in [0.3, 0.4) is 0 Å². The van der Waals surface area contributed by atoms with Crippen LogP contribution in [0, 0.1) is 45.3 Å². The molecule has 0 aromatic carbocycles. The lowest BCUT2D eigenvalue weighted by atomic mass is 9.41. The molecule has 0 heterocycles. The Morgan fingerprint density at radius 2 is 1.81 bits per heavy atom. The molecule has 4 aliphatic carbocycles. The quantitative estimate of drug-likeness (QED) is 0.413. The summed E-state index contributed by atoms with van der Waals surface area (Å²) < 4.78 is 0. The second-order valence-corrected chi connectivity index (χ2v) is 13.4. The maximum absolute atomic E-state index is 12.8. The monoisotopic (exact) mass is 424 g/mol. The predicted molar refractivity (Wildman–Crippen MR) is 132 cm³/mol. The minimum absolute atomic E-state index is 0.158. The third-order valence-corrected chi connectivity index (χ3v) is 11.5. The maximum Gasteiger partial charge on any atom is 0.138 e. The van der Waals surface area contributed by atoms with E-state index < -0.39 is 0 Å². The summed E-state index contributed by atoms with van der Waals surface area (Å²) in [6.45, 7) is 19.3. The molecule has 3 fully saturated rings. The van der Waals surface area contributed by atoms with Crippen LogP contribution in [0.2, 0.25) is 0 Å². The Kier molecular flexibility index (Phi) is 5.71. The molecule has 0 unspecified atom stereocenters. The zero-order chi connectivity index (χ0) is 22.8. The second-order valence-electron chi connectivity index (χ2n) is 13.4. The molecule has 0 N–H and O–H groups in total. The number of ketones is 1. The van der Waals surface area contributed by atoms with Crippen molar-refractivity contribution in [2.24, 2.45) is 45.3 Å². The molecule has 0 bridgehead atoms. The first kappa shape index (κ1) is 23.3. The number of carbonyl (C=O) groups is 1. The first-order chi connectivity index (χ1) is 14.4. The van der Waals surface area contributed by atoms with Gasteiger partial charge in [-0.2, -0.15) is 0 Å². The third kappa shape index (κ3) is 3.26. The first-order valence-electron chi connectivity index (χ1n) is 13.2. The Morgan fingerprint density at radius 3 is 2.48 bits per heavy atom. The van der Waals surface area contributed by atoms with Crippen molar-refractivity contribution < 1.29 is 4.79 Å². The van der Waals surface area contributed by atoms with E-state index in [0.29, 0.717) is 33.9 Å². The van der Waals surface area contributed by atoms with E-state index in [1.807, 2.05) is 5.57 Å². The highest BCUT2D eigenvalue weighted by atomic mass is 16.1. The molecular weight excluding hydrogens is 376 g/mol. The summed E-state index contributed by atoms with van der Waals surface area (Å²) in [7, 11) is 0. The predicted octanol–water partition coefficient (Wildman–Crippen LogP) is 8.54. The average Bonchev–Trinajstić information content (AvgIpc) is 2.96. The summed E-state index contributed by atoms with van der Waals surface area (Å²) in [6.07, 6.45) is 16.2. The molecule has 174 valence electrons. The van der Waals surface area contributed by atoms with Gasteiger partial charge in [0.25, 0.3) is 0 Å². The molecule has 0 radical (unpaired) electrons. The molecule has 0 spiro atoms. The van der Waals surface area contributed by atoms with Crippen LogP contribution >= 0.6 is 0 Å². The standard InChI is InChI=1S/C30H48O/c1-20(2)10-9-11-21(3)22-14-18-30(8)24-12-13-25-27(4,5)26(31)16-17-28(25,6)23(24)15-19-29(22,30)7/h10,12,21-23,25H,9,11,13-19H2,1-8H3/t21-,22+,23+,25-,28+,29-,30+/m0/s1. The molecule has 4 aliphatic rings. The number of rotatable bonds is 4. The van der Waals surface area contributed by atoms with E-state index in [1.54, 1.807) is 0 Å². The third-order valence-electron chi connectivity index (χ3n) is 11.5. The molecule has 3 saturated carbocycles. The zero-order valence-corrected chi connectivity index (χ0v) is 21.7. The van der Waals surface area contributed by atoms with Gasteiger partial charge in [-0.05, 0) is 105 Å². The van der Waals surface area contributed by atoms with Crippen LogP contribution in [-0.2, 0) is 4.79 Å². The molecule has 0 amide bonds. The number of allylic oxidation sites excluding steroid dienone is 4. The van der Waals surface area contributed by atoms with E-state index in [1.165, 1.54) is 44.1 Å². The SMILES string of the molecule is CC(C)=CCC[C@H](C)[C@H]1CC[C@]2(C)C3=CC[C@H]4C(C)(C)C(=O)CC[C@]4(C)[C@@H]3CC[C@@]12C. The van der Waals surface area contributed by atoms with Crippen molar-refractivity contribution in [1.29, 1.82) is 0 Å². The van der Waals surface area contributed by atoms with E-state index in [9.17, 15) is 4.79 Å². The topological polar surface area (TPSA) is 17.1 Å². The van der Waals surface area contributed by atoms with Gasteiger partial charge in [0, 0.05) is 11.8 Å². The number of fused-ring (bicyclic) bond motifs is 5. The lowest BCUT2D eigenvalue weighted by Gasteiger charge is -2.63. The summed E-state index contributed by atoms with van der Waals surface area (Å²) in [5, 5.41) is 0. The van der Waals surface area contributed by atoms with Crippen molar-refractivity contribution in [1.82, 2.24) is 0 Å². The van der Waals surface area contributed by atoms with Crippen LogP contribution in [0.1, 0.15) is 113 Å². The van der Waals surface area contributed by atoms with Gasteiger partial charge in [0.15, 0.2) is 0 Å². The number of hydrogen-bond donors (Lipinski definition) is 0. The normalized spacial score (nSPS) is 44.6. The molecule has 1 heteroatoms. The lowest BCUT2D eigenvalue weighted by Crippen LogP contribution is -2.57. The van der Waals surface area contributed by atoms with E-state index >= 15 is 0 Å². The van der Waals surface area contributed by atoms with Crippen molar-refractivity contribution in [2.45, 2.75) is 113 Å². The summed E-state index contributed by atoms with van der Waals surface area (Å²) in [5.41, 5.74) is 4.20.